The average Bonchev–Trinajstić information content (AvgIpc) is 2.63. The van der Waals surface area contributed by atoms with Crippen LogP contribution in [0.25, 0.3) is 11.3 Å². The van der Waals surface area contributed by atoms with Crippen LogP contribution in [0.15, 0.2) is 29.2 Å². The van der Waals surface area contributed by atoms with Crippen molar-refractivity contribution in [3.05, 3.63) is 50.8 Å². The van der Waals surface area contributed by atoms with Crippen molar-refractivity contribution < 1.29 is 19.4 Å². The van der Waals surface area contributed by atoms with Crippen molar-refractivity contribution in [2.75, 3.05) is 20.3 Å². The van der Waals surface area contributed by atoms with Gasteiger partial charge in [0, 0.05) is 36.9 Å². The maximum atomic E-state index is 12.3. The maximum Gasteiger partial charge on any atom is 0.341 e. The molecule has 2 unspecified atom stereocenters. The third kappa shape index (κ3) is 3.47. The van der Waals surface area contributed by atoms with Crippen LogP contribution in [0.4, 0.5) is 0 Å². The predicted octanol–water partition coefficient (Wildman–Crippen LogP) is 3.96. The van der Waals surface area contributed by atoms with Gasteiger partial charge >= 0.3 is 5.97 Å². The highest BCUT2D eigenvalue weighted by atomic mass is 35.5. The minimum atomic E-state index is -1.22. The highest BCUT2D eigenvalue weighted by molar-refractivity contribution is 6.32. The number of benzene rings is 1. The van der Waals surface area contributed by atoms with Gasteiger partial charge in [0.15, 0.2) is 5.43 Å². The SMILES string of the molecule is CCC1C(C)c2cc(OCCOC)c(Cl)cc2-c2cc(=O)c(C(=O)O)cn21. The quantitative estimate of drug-likeness (QED) is 0.754. The molecule has 0 bridgehead atoms. The van der Waals surface area contributed by atoms with Gasteiger partial charge in [-0.3, -0.25) is 4.79 Å². The Morgan fingerprint density at radius 1 is 1.30 bits per heavy atom. The van der Waals surface area contributed by atoms with E-state index in [1.54, 1.807) is 13.2 Å². The Balaban J connectivity index is 2.18. The minimum Gasteiger partial charge on any atom is -0.490 e. The maximum absolute atomic E-state index is 12.3. The van der Waals surface area contributed by atoms with Crippen LogP contribution in [-0.2, 0) is 4.74 Å². The van der Waals surface area contributed by atoms with E-state index in [2.05, 4.69) is 6.92 Å². The summed E-state index contributed by atoms with van der Waals surface area (Å²) >= 11 is 6.40. The second-order valence-electron chi connectivity index (χ2n) is 6.62. The first kappa shape index (κ1) is 19.5. The summed E-state index contributed by atoms with van der Waals surface area (Å²) in [5.41, 5.74) is 1.79. The number of carboxylic acids is 1. The van der Waals surface area contributed by atoms with Crippen molar-refractivity contribution in [1.82, 2.24) is 4.57 Å². The molecule has 2 aromatic rings. The molecule has 0 saturated carbocycles. The van der Waals surface area contributed by atoms with Crippen LogP contribution in [0, 0.1) is 0 Å². The summed E-state index contributed by atoms with van der Waals surface area (Å²) in [6.07, 6.45) is 2.24. The van der Waals surface area contributed by atoms with Crippen molar-refractivity contribution >= 4 is 17.6 Å². The topological polar surface area (TPSA) is 77.8 Å². The van der Waals surface area contributed by atoms with E-state index in [-0.39, 0.29) is 17.5 Å². The van der Waals surface area contributed by atoms with E-state index < -0.39 is 11.4 Å². The first-order chi connectivity index (χ1) is 12.9. The molecule has 3 rings (SSSR count). The zero-order valence-corrected chi connectivity index (χ0v) is 16.2. The zero-order valence-electron chi connectivity index (χ0n) is 15.5. The fourth-order valence-electron chi connectivity index (χ4n) is 3.71. The summed E-state index contributed by atoms with van der Waals surface area (Å²) < 4.78 is 12.6. The Morgan fingerprint density at radius 3 is 2.67 bits per heavy atom. The smallest absolute Gasteiger partial charge is 0.341 e. The largest absolute Gasteiger partial charge is 0.490 e. The summed E-state index contributed by atoms with van der Waals surface area (Å²) in [5, 5.41) is 9.75. The van der Waals surface area contributed by atoms with E-state index in [4.69, 9.17) is 21.1 Å². The number of aromatic nitrogens is 1. The summed E-state index contributed by atoms with van der Waals surface area (Å²) in [6, 6.07) is 5.12. The third-order valence-corrected chi connectivity index (χ3v) is 5.37. The Kier molecular flexibility index (Phi) is 5.58. The van der Waals surface area contributed by atoms with Crippen LogP contribution in [-0.4, -0.2) is 36.0 Å². The first-order valence-electron chi connectivity index (χ1n) is 8.84. The molecule has 0 radical (unpaired) electrons. The lowest BCUT2D eigenvalue weighted by atomic mass is 9.83. The van der Waals surface area contributed by atoms with Gasteiger partial charge in [0.2, 0.25) is 0 Å². The van der Waals surface area contributed by atoms with Gasteiger partial charge in [-0.25, -0.2) is 4.79 Å². The van der Waals surface area contributed by atoms with E-state index in [0.717, 1.165) is 17.5 Å². The molecular weight excluding hydrogens is 370 g/mol. The van der Waals surface area contributed by atoms with Gasteiger partial charge in [0.1, 0.15) is 17.9 Å². The van der Waals surface area contributed by atoms with Crippen molar-refractivity contribution in [2.45, 2.75) is 32.2 Å². The highest BCUT2D eigenvalue weighted by Crippen LogP contribution is 2.46. The number of hydrogen-bond donors (Lipinski definition) is 1. The van der Waals surface area contributed by atoms with Crippen LogP contribution in [0.5, 0.6) is 5.75 Å². The van der Waals surface area contributed by atoms with Gasteiger partial charge in [-0.1, -0.05) is 25.4 Å². The first-order valence-corrected chi connectivity index (χ1v) is 9.21. The van der Waals surface area contributed by atoms with Gasteiger partial charge < -0.3 is 19.1 Å². The van der Waals surface area contributed by atoms with Crippen molar-refractivity contribution in [1.29, 1.82) is 0 Å². The Morgan fingerprint density at radius 2 is 2.04 bits per heavy atom. The van der Waals surface area contributed by atoms with E-state index >= 15 is 0 Å². The monoisotopic (exact) mass is 391 g/mol. The molecule has 0 saturated heterocycles. The van der Waals surface area contributed by atoms with Gasteiger partial charge in [0.25, 0.3) is 0 Å². The number of carboxylic acid groups (broad SMARTS) is 1. The van der Waals surface area contributed by atoms with Crippen molar-refractivity contribution in [3.8, 4) is 17.0 Å². The molecule has 0 spiro atoms. The molecule has 1 N–H and O–H groups in total. The van der Waals surface area contributed by atoms with E-state index in [9.17, 15) is 14.7 Å². The summed E-state index contributed by atoms with van der Waals surface area (Å²) in [5.74, 6) is -0.542. The number of aromatic carboxylic acids is 1. The average molecular weight is 392 g/mol. The molecule has 6 nitrogen and oxygen atoms in total. The number of halogens is 1. The molecule has 0 fully saturated rings. The molecule has 7 heteroatoms. The molecule has 1 aromatic carbocycles. The molecule has 1 aromatic heterocycles. The fraction of sp³-hybridized carbons (Fsp3) is 0.400. The second-order valence-corrected chi connectivity index (χ2v) is 7.03. The van der Waals surface area contributed by atoms with Crippen molar-refractivity contribution in [3.63, 3.8) is 0 Å². The number of fused-ring (bicyclic) bond motifs is 3. The summed E-state index contributed by atoms with van der Waals surface area (Å²) in [6.45, 7) is 4.97. The molecule has 1 aliphatic heterocycles. The zero-order chi connectivity index (χ0) is 19.7. The Hall–Kier alpha value is -2.31. The van der Waals surface area contributed by atoms with Crippen LogP contribution in [0.2, 0.25) is 5.02 Å². The van der Waals surface area contributed by atoms with Crippen molar-refractivity contribution in [2.24, 2.45) is 0 Å². The lowest BCUT2D eigenvalue weighted by Gasteiger charge is -2.35. The Bertz CT molecular complexity index is 937. The number of pyridine rings is 1. The van der Waals surface area contributed by atoms with Gasteiger partial charge in [-0.15, -0.1) is 0 Å². The molecule has 1 aliphatic rings. The second kappa shape index (κ2) is 7.74. The Labute approximate surface area is 162 Å². The molecule has 144 valence electrons. The molecule has 2 atom stereocenters. The number of nitrogens with zero attached hydrogens (tertiary/aromatic N) is 1. The predicted molar refractivity (Wildman–Crippen MR) is 103 cm³/mol. The van der Waals surface area contributed by atoms with Gasteiger partial charge in [-0.05, 0) is 24.1 Å². The van der Waals surface area contributed by atoms with Gasteiger partial charge in [-0.2, -0.15) is 0 Å². The summed E-state index contributed by atoms with van der Waals surface area (Å²) in [7, 11) is 1.60. The minimum absolute atomic E-state index is 0.0270. The fourth-order valence-corrected chi connectivity index (χ4v) is 3.93. The number of ether oxygens (including phenoxy) is 2. The van der Waals surface area contributed by atoms with Crippen LogP contribution >= 0.6 is 11.6 Å². The van der Waals surface area contributed by atoms with Gasteiger partial charge in [0.05, 0.1) is 17.3 Å². The molecule has 2 heterocycles. The number of hydrogen-bond acceptors (Lipinski definition) is 4. The number of methoxy groups -OCH3 is 1. The van der Waals surface area contributed by atoms with Crippen LogP contribution in [0.1, 0.15) is 48.1 Å². The normalized spacial score (nSPS) is 17.9. The lowest BCUT2D eigenvalue weighted by Crippen LogP contribution is -2.27. The molecule has 27 heavy (non-hydrogen) atoms. The standard InChI is InChI=1S/C20H22ClNO5/c1-4-16-11(2)12-8-19(27-6-5-26-3)15(21)7-13(12)17-9-18(23)14(20(24)25)10-22(16)17/h7-11,16H,4-6H2,1-3H3,(H,24,25). The van der Waals surface area contributed by atoms with E-state index in [1.807, 2.05) is 17.6 Å². The van der Waals surface area contributed by atoms with E-state index in [0.29, 0.717) is 29.7 Å². The molecular formula is C20H22ClNO5. The highest BCUT2D eigenvalue weighted by Gasteiger charge is 2.31. The third-order valence-electron chi connectivity index (χ3n) is 5.08. The lowest BCUT2D eigenvalue weighted by molar-refractivity contribution is 0.0694. The summed E-state index contributed by atoms with van der Waals surface area (Å²) in [4.78, 5) is 23.7. The van der Waals surface area contributed by atoms with E-state index in [1.165, 1.54) is 12.3 Å². The van der Waals surface area contributed by atoms with Crippen LogP contribution in [0.3, 0.4) is 0 Å². The number of rotatable bonds is 6. The van der Waals surface area contributed by atoms with Crippen LogP contribution < -0.4 is 10.2 Å². The molecule has 0 amide bonds. The number of carbonyl (C=O) groups is 1. The molecule has 0 aliphatic carbocycles.